The Kier molecular flexibility index (Phi) is 6.92. The fourth-order valence-corrected chi connectivity index (χ4v) is 4.33. The molecule has 4 nitrogen and oxygen atoms in total. The van der Waals surface area contributed by atoms with E-state index in [-0.39, 0.29) is 0 Å². The third-order valence-corrected chi connectivity index (χ3v) is 6.08. The molecule has 0 aliphatic heterocycles. The molecule has 4 aromatic rings. The summed E-state index contributed by atoms with van der Waals surface area (Å²) in [7, 11) is 3.66. The normalized spacial score (nSPS) is 12.4. The number of carbonyl (C=O) groups excluding carboxylic acids is 1. The van der Waals surface area contributed by atoms with Gasteiger partial charge in [-0.25, -0.2) is 5.01 Å². The number of carbonyl (C=O) groups is 1. The van der Waals surface area contributed by atoms with Gasteiger partial charge in [0.2, 0.25) is 0 Å². The van der Waals surface area contributed by atoms with Gasteiger partial charge in [-0.3, -0.25) is 9.80 Å². The van der Waals surface area contributed by atoms with Gasteiger partial charge in [-0.2, -0.15) is 0 Å². The van der Waals surface area contributed by atoms with E-state index in [2.05, 4.69) is 0 Å². The van der Waals surface area contributed by atoms with Crippen LogP contribution >= 0.6 is 0 Å². The van der Waals surface area contributed by atoms with Crippen molar-refractivity contribution in [2.45, 2.75) is 18.6 Å². The SMILES string of the molecule is Cc1ccc(C(c2ccccc2)N(C(=O)C(O)(c2ccccc2)c2ccccc2)N(C)C)cc1. The summed E-state index contributed by atoms with van der Waals surface area (Å²) in [5.41, 5.74) is 2.23. The van der Waals surface area contributed by atoms with E-state index in [1.807, 2.05) is 112 Å². The summed E-state index contributed by atoms with van der Waals surface area (Å²) in [5.74, 6) is -0.427. The van der Waals surface area contributed by atoms with Gasteiger partial charge in [-0.15, -0.1) is 0 Å². The van der Waals surface area contributed by atoms with Crippen LogP contribution in [0, 0.1) is 6.92 Å². The van der Waals surface area contributed by atoms with E-state index >= 15 is 0 Å². The largest absolute Gasteiger partial charge is 0.372 e. The van der Waals surface area contributed by atoms with Crippen molar-refractivity contribution in [2.75, 3.05) is 14.1 Å². The summed E-state index contributed by atoms with van der Waals surface area (Å²) in [6.45, 7) is 2.04. The second kappa shape index (κ2) is 10.0. The van der Waals surface area contributed by atoms with Crippen LogP contribution in [0.15, 0.2) is 115 Å². The smallest absolute Gasteiger partial charge is 0.279 e. The number of amides is 1. The molecule has 0 aliphatic carbocycles. The number of aryl methyl sites for hydroxylation is 1. The molecule has 1 amide bonds. The van der Waals surface area contributed by atoms with Crippen molar-refractivity contribution >= 4 is 5.91 Å². The van der Waals surface area contributed by atoms with E-state index in [0.717, 1.165) is 16.7 Å². The minimum atomic E-state index is -1.87. The first kappa shape index (κ1) is 23.4. The lowest BCUT2D eigenvalue weighted by Crippen LogP contribution is -2.54. The molecular formula is C30H30N2O2. The van der Waals surface area contributed by atoms with Crippen LogP contribution in [-0.4, -0.2) is 35.1 Å². The van der Waals surface area contributed by atoms with Gasteiger partial charge in [0.1, 0.15) is 0 Å². The number of hydrogen-bond donors (Lipinski definition) is 1. The van der Waals surface area contributed by atoms with Crippen LogP contribution < -0.4 is 0 Å². The van der Waals surface area contributed by atoms with Crippen molar-refractivity contribution in [3.63, 3.8) is 0 Å². The van der Waals surface area contributed by atoms with Gasteiger partial charge in [0.15, 0.2) is 5.60 Å². The standard InChI is InChI=1S/C30H30N2O2/c1-23-19-21-25(22-20-23)28(24-13-7-4-8-14-24)32(31(2)3)29(33)30(34,26-15-9-5-10-16-26)27-17-11-6-12-18-27/h4-22,28,34H,1-3H3. The molecule has 0 radical (unpaired) electrons. The third kappa shape index (κ3) is 4.51. The van der Waals surface area contributed by atoms with E-state index in [0.29, 0.717) is 11.1 Å². The van der Waals surface area contributed by atoms with Crippen LogP contribution in [0.1, 0.15) is 33.9 Å². The maximum absolute atomic E-state index is 14.5. The van der Waals surface area contributed by atoms with E-state index in [9.17, 15) is 9.90 Å². The van der Waals surface area contributed by atoms with E-state index < -0.39 is 17.6 Å². The topological polar surface area (TPSA) is 43.8 Å². The number of hydrazine groups is 1. The average molecular weight is 451 g/mol. The summed E-state index contributed by atoms with van der Waals surface area (Å²) < 4.78 is 0. The molecule has 0 saturated heterocycles. The molecule has 0 heterocycles. The van der Waals surface area contributed by atoms with Crippen LogP contribution in [0.3, 0.4) is 0 Å². The van der Waals surface area contributed by atoms with Crippen molar-refractivity contribution in [2.24, 2.45) is 0 Å². The second-order valence-electron chi connectivity index (χ2n) is 8.66. The fourth-order valence-electron chi connectivity index (χ4n) is 4.33. The molecule has 4 heteroatoms. The third-order valence-electron chi connectivity index (χ3n) is 6.08. The molecule has 34 heavy (non-hydrogen) atoms. The molecule has 0 spiro atoms. The Morgan fingerprint density at radius 1 is 0.676 bits per heavy atom. The lowest BCUT2D eigenvalue weighted by atomic mass is 9.84. The van der Waals surface area contributed by atoms with Crippen molar-refractivity contribution in [3.05, 3.63) is 143 Å². The zero-order valence-electron chi connectivity index (χ0n) is 19.8. The highest BCUT2D eigenvalue weighted by Gasteiger charge is 2.46. The summed E-state index contributed by atoms with van der Waals surface area (Å²) in [6, 6.07) is 36.0. The van der Waals surface area contributed by atoms with Crippen molar-refractivity contribution in [1.29, 1.82) is 0 Å². The van der Waals surface area contributed by atoms with Gasteiger partial charge in [-0.05, 0) is 29.2 Å². The van der Waals surface area contributed by atoms with Crippen molar-refractivity contribution in [1.82, 2.24) is 10.0 Å². The van der Waals surface area contributed by atoms with E-state index in [1.54, 1.807) is 34.3 Å². The van der Waals surface area contributed by atoms with Crippen LogP contribution in [-0.2, 0) is 10.4 Å². The van der Waals surface area contributed by atoms with Crippen molar-refractivity contribution in [3.8, 4) is 0 Å². The number of benzene rings is 4. The Balaban J connectivity index is 1.92. The lowest BCUT2D eigenvalue weighted by Gasteiger charge is -2.42. The molecule has 4 aromatic carbocycles. The van der Waals surface area contributed by atoms with Crippen LogP contribution in [0.4, 0.5) is 0 Å². The molecule has 1 unspecified atom stereocenters. The van der Waals surface area contributed by atoms with Gasteiger partial charge < -0.3 is 5.11 Å². The summed E-state index contributed by atoms with van der Waals surface area (Å²) in [6.07, 6.45) is 0. The van der Waals surface area contributed by atoms with E-state index in [4.69, 9.17) is 0 Å². The first-order chi connectivity index (χ1) is 16.4. The summed E-state index contributed by atoms with van der Waals surface area (Å²) in [4.78, 5) is 14.5. The Hall–Kier alpha value is -3.73. The van der Waals surface area contributed by atoms with E-state index in [1.165, 1.54) is 0 Å². The molecule has 0 aliphatic rings. The molecule has 0 aromatic heterocycles. The Bertz CT molecular complexity index is 1170. The predicted octanol–water partition coefficient (Wildman–Crippen LogP) is 5.33. The molecule has 4 rings (SSSR count). The molecule has 0 fully saturated rings. The molecule has 172 valence electrons. The Morgan fingerprint density at radius 2 is 1.09 bits per heavy atom. The number of hydrogen-bond acceptors (Lipinski definition) is 3. The van der Waals surface area contributed by atoms with Crippen LogP contribution in [0.25, 0.3) is 0 Å². The first-order valence-electron chi connectivity index (χ1n) is 11.4. The molecular weight excluding hydrogens is 420 g/mol. The highest BCUT2D eigenvalue weighted by Crippen LogP contribution is 2.37. The highest BCUT2D eigenvalue weighted by molar-refractivity contribution is 5.90. The first-order valence-corrected chi connectivity index (χ1v) is 11.4. The predicted molar refractivity (Wildman–Crippen MR) is 136 cm³/mol. The fraction of sp³-hybridized carbons (Fsp3) is 0.167. The van der Waals surface area contributed by atoms with Gasteiger partial charge in [-0.1, -0.05) is 121 Å². The summed E-state index contributed by atoms with van der Waals surface area (Å²) in [5, 5.41) is 15.6. The summed E-state index contributed by atoms with van der Waals surface area (Å²) >= 11 is 0. The molecule has 1 atom stereocenters. The second-order valence-corrected chi connectivity index (χ2v) is 8.66. The number of nitrogens with zero attached hydrogens (tertiary/aromatic N) is 2. The number of rotatable bonds is 7. The highest BCUT2D eigenvalue weighted by atomic mass is 16.3. The quantitative estimate of drug-likeness (QED) is 0.387. The van der Waals surface area contributed by atoms with Gasteiger partial charge in [0.05, 0.1) is 6.04 Å². The molecule has 1 N–H and O–H groups in total. The maximum atomic E-state index is 14.5. The van der Waals surface area contributed by atoms with Crippen LogP contribution in [0.5, 0.6) is 0 Å². The minimum absolute atomic E-state index is 0.427. The minimum Gasteiger partial charge on any atom is -0.372 e. The zero-order chi connectivity index (χ0) is 24.1. The van der Waals surface area contributed by atoms with Gasteiger partial charge in [0.25, 0.3) is 5.91 Å². The Labute approximate surface area is 201 Å². The van der Waals surface area contributed by atoms with Crippen LogP contribution in [0.2, 0.25) is 0 Å². The Morgan fingerprint density at radius 3 is 1.53 bits per heavy atom. The maximum Gasteiger partial charge on any atom is 0.279 e. The number of aliphatic hydroxyl groups is 1. The monoisotopic (exact) mass is 450 g/mol. The van der Waals surface area contributed by atoms with Crippen molar-refractivity contribution < 1.29 is 9.90 Å². The lowest BCUT2D eigenvalue weighted by molar-refractivity contribution is -0.166. The molecule has 0 bridgehead atoms. The molecule has 0 saturated carbocycles. The van der Waals surface area contributed by atoms with Gasteiger partial charge in [0, 0.05) is 14.1 Å². The zero-order valence-corrected chi connectivity index (χ0v) is 19.8. The average Bonchev–Trinajstić information content (AvgIpc) is 2.88. The van der Waals surface area contributed by atoms with Gasteiger partial charge >= 0.3 is 0 Å².